The quantitative estimate of drug-likeness (QED) is 0.919. The first-order valence-electron chi connectivity index (χ1n) is 7.27. The largest absolute Gasteiger partial charge is 0.508 e. The summed E-state index contributed by atoms with van der Waals surface area (Å²) in [5, 5.41) is 9.30. The van der Waals surface area contributed by atoms with E-state index in [1.165, 1.54) is 11.1 Å². The third-order valence-electron chi connectivity index (χ3n) is 4.12. The van der Waals surface area contributed by atoms with Gasteiger partial charge in [0, 0.05) is 12.6 Å². The topological polar surface area (TPSA) is 40.5 Å². The highest BCUT2D eigenvalue weighted by molar-refractivity contribution is 5.79. The van der Waals surface area contributed by atoms with Crippen LogP contribution in [0.2, 0.25) is 0 Å². The number of carbonyl (C=O) groups is 1. The number of phenols is 1. The molecule has 0 radical (unpaired) electrons. The lowest BCUT2D eigenvalue weighted by atomic mass is 9.94. The zero-order valence-corrected chi connectivity index (χ0v) is 12.1. The molecule has 1 atom stereocenters. The van der Waals surface area contributed by atoms with E-state index in [-0.39, 0.29) is 17.7 Å². The van der Waals surface area contributed by atoms with Gasteiger partial charge in [-0.2, -0.15) is 0 Å². The van der Waals surface area contributed by atoms with Crippen molar-refractivity contribution in [2.45, 2.75) is 32.4 Å². The van der Waals surface area contributed by atoms with E-state index in [4.69, 9.17) is 0 Å². The molecule has 1 amide bonds. The highest BCUT2D eigenvalue weighted by atomic mass is 16.3. The molecule has 0 saturated carbocycles. The first kappa shape index (κ1) is 13.7. The van der Waals surface area contributed by atoms with Gasteiger partial charge >= 0.3 is 0 Å². The smallest absolute Gasteiger partial charge is 0.227 e. The molecule has 3 nitrogen and oxygen atoms in total. The Morgan fingerprint density at radius 2 is 1.81 bits per heavy atom. The van der Waals surface area contributed by atoms with Crippen molar-refractivity contribution in [3.05, 3.63) is 65.2 Å². The van der Waals surface area contributed by atoms with Crippen molar-refractivity contribution < 1.29 is 9.90 Å². The van der Waals surface area contributed by atoms with Crippen LogP contribution in [-0.4, -0.2) is 22.0 Å². The minimum atomic E-state index is 0.141. The third-order valence-corrected chi connectivity index (χ3v) is 4.12. The van der Waals surface area contributed by atoms with Gasteiger partial charge in [0.1, 0.15) is 5.75 Å². The van der Waals surface area contributed by atoms with Gasteiger partial charge in [0.05, 0.1) is 6.42 Å². The second-order valence-corrected chi connectivity index (χ2v) is 5.69. The van der Waals surface area contributed by atoms with Crippen LogP contribution >= 0.6 is 0 Å². The van der Waals surface area contributed by atoms with Crippen LogP contribution in [0.4, 0.5) is 0 Å². The fourth-order valence-corrected chi connectivity index (χ4v) is 2.90. The molecule has 21 heavy (non-hydrogen) atoms. The van der Waals surface area contributed by atoms with E-state index < -0.39 is 0 Å². The number of hydrogen-bond donors (Lipinski definition) is 1. The number of phenolic OH excluding ortho intramolecular Hbond substituents is 1. The fourth-order valence-electron chi connectivity index (χ4n) is 2.90. The molecule has 1 unspecified atom stereocenters. The minimum Gasteiger partial charge on any atom is -0.508 e. The van der Waals surface area contributed by atoms with Gasteiger partial charge < -0.3 is 10.0 Å². The van der Waals surface area contributed by atoms with E-state index in [9.17, 15) is 9.90 Å². The number of amides is 1. The first-order valence-corrected chi connectivity index (χ1v) is 7.27. The second kappa shape index (κ2) is 5.60. The summed E-state index contributed by atoms with van der Waals surface area (Å²) < 4.78 is 0. The van der Waals surface area contributed by atoms with Gasteiger partial charge in [-0.25, -0.2) is 0 Å². The van der Waals surface area contributed by atoms with E-state index in [2.05, 4.69) is 25.1 Å². The molecule has 0 aliphatic carbocycles. The SMILES string of the molecule is CC1Cc2ccccc2CN1C(=O)Cc1ccc(O)cc1. The van der Waals surface area contributed by atoms with Crippen LogP contribution in [0, 0.1) is 0 Å². The summed E-state index contributed by atoms with van der Waals surface area (Å²) in [5.41, 5.74) is 3.53. The molecular weight excluding hydrogens is 262 g/mol. The van der Waals surface area contributed by atoms with E-state index >= 15 is 0 Å². The van der Waals surface area contributed by atoms with E-state index in [0.717, 1.165) is 12.0 Å². The van der Waals surface area contributed by atoms with Crippen molar-refractivity contribution in [2.24, 2.45) is 0 Å². The van der Waals surface area contributed by atoms with Crippen LogP contribution in [0.5, 0.6) is 5.75 Å². The van der Waals surface area contributed by atoms with Crippen molar-refractivity contribution in [2.75, 3.05) is 0 Å². The molecule has 3 heteroatoms. The van der Waals surface area contributed by atoms with Crippen LogP contribution in [0.15, 0.2) is 48.5 Å². The molecular formula is C18H19NO2. The third kappa shape index (κ3) is 2.92. The molecule has 3 rings (SSSR count). The Labute approximate surface area is 124 Å². The maximum absolute atomic E-state index is 12.5. The van der Waals surface area contributed by atoms with Crippen LogP contribution in [0.3, 0.4) is 0 Å². The van der Waals surface area contributed by atoms with Crippen LogP contribution in [0.25, 0.3) is 0 Å². The minimum absolute atomic E-state index is 0.141. The summed E-state index contributed by atoms with van der Waals surface area (Å²) >= 11 is 0. The van der Waals surface area contributed by atoms with Gasteiger partial charge in [-0.1, -0.05) is 36.4 Å². The van der Waals surface area contributed by atoms with E-state index in [0.29, 0.717) is 13.0 Å². The van der Waals surface area contributed by atoms with E-state index in [1.54, 1.807) is 24.3 Å². The molecule has 1 aliphatic heterocycles. The Hall–Kier alpha value is -2.29. The van der Waals surface area contributed by atoms with Gasteiger partial charge in [-0.15, -0.1) is 0 Å². The molecule has 0 bridgehead atoms. The Bertz CT molecular complexity index is 649. The molecule has 0 spiro atoms. The number of fused-ring (bicyclic) bond motifs is 1. The highest BCUT2D eigenvalue weighted by Crippen LogP contribution is 2.24. The summed E-state index contributed by atoms with van der Waals surface area (Å²) in [6.45, 7) is 2.79. The highest BCUT2D eigenvalue weighted by Gasteiger charge is 2.26. The van der Waals surface area contributed by atoms with Gasteiger partial charge in [-0.3, -0.25) is 4.79 Å². The zero-order valence-electron chi connectivity index (χ0n) is 12.1. The predicted octanol–water partition coefficient (Wildman–Crippen LogP) is 2.91. The van der Waals surface area contributed by atoms with Crippen molar-refractivity contribution in [3.8, 4) is 5.75 Å². The molecule has 1 N–H and O–H groups in total. The Morgan fingerprint density at radius 3 is 2.52 bits per heavy atom. The molecule has 1 aliphatic rings. The monoisotopic (exact) mass is 281 g/mol. The summed E-state index contributed by atoms with van der Waals surface area (Å²) in [7, 11) is 0. The van der Waals surface area contributed by atoms with Gasteiger partial charge in [-0.05, 0) is 42.2 Å². The summed E-state index contributed by atoms with van der Waals surface area (Å²) in [4.78, 5) is 14.5. The van der Waals surface area contributed by atoms with Gasteiger partial charge in [0.25, 0.3) is 0 Å². The lowest BCUT2D eigenvalue weighted by Crippen LogP contribution is -2.43. The molecule has 108 valence electrons. The standard InChI is InChI=1S/C18H19NO2/c1-13-10-15-4-2-3-5-16(15)12-19(13)18(21)11-14-6-8-17(20)9-7-14/h2-9,13,20H,10-12H2,1H3. The number of hydrogen-bond acceptors (Lipinski definition) is 2. The second-order valence-electron chi connectivity index (χ2n) is 5.69. The Balaban J connectivity index is 1.74. The molecule has 0 saturated heterocycles. The molecule has 0 aromatic heterocycles. The summed E-state index contributed by atoms with van der Waals surface area (Å²) in [5.74, 6) is 0.370. The predicted molar refractivity (Wildman–Crippen MR) is 82.0 cm³/mol. The molecule has 0 fully saturated rings. The molecule has 2 aromatic rings. The molecule has 1 heterocycles. The Morgan fingerprint density at radius 1 is 1.14 bits per heavy atom. The average Bonchev–Trinajstić information content (AvgIpc) is 2.49. The fraction of sp³-hybridized carbons (Fsp3) is 0.278. The number of carbonyl (C=O) groups excluding carboxylic acids is 1. The number of benzene rings is 2. The lowest BCUT2D eigenvalue weighted by molar-refractivity contribution is -0.133. The number of aromatic hydroxyl groups is 1. The van der Waals surface area contributed by atoms with Gasteiger partial charge in [0.15, 0.2) is 0 Å². The average molecular weight is 281 g/mol. The lowest BCUT2D eigenvalue weighted by Gasteiger charge is -2.35. The number of nitrogens with zero attached hydrogens (tertiary/aromatic N) is 1. The first-order chi connectivity index (χ1) is 10.1. The number of rotatable bonds is 2. The van der Waals surface area contributed by atoms with Crippen molar-refractivity contribution in [1.82, 2.24) is 4.90 Å². The maximum Gasteiger partial charge on any atom is 0.227 e. The van der Waals surface area contributed by atoms with Crippen LogP contribution in [0.1, 0.15) is 23.6 Å². The zero-order chi connectivity index (χ0) is 14.8. The summed E-state index contributed by atoms with van der Waals surface area (Å²) in [6.07, 6.45) is 1.30. The maximum atomic E-state index is 12.5. The van der Waals surface area contributed by atoms with Crippen molar-refractivity contribution >= 4 is 5.91 Å². The summed E-state index contributed by atoms with van der Waals surface area (Å²) in [6, 6.07) is 15.4. The van der Waals surface area contributed by atoms with Gasteiger partial charge in [0.2, 0.25) is 5.91 Å². The Kier molecular flexibility index (Phi) is 3.65. The normalized spacial score (nSPS) is 17.4. The van der Waals surface area contributed by atoms with Crippen molar-refractivity contribution in [1.29, 1.82) is 0 Å². The van der Waals surface area contributed by atoms with Crippen LogP contribution < -0.4 is 0 Å². The van der Waals surface area contributed by atoms with E-state index in [1.807, 2.05) is 11.0 Å². The van der Waals surface area contributed by atoms with Crippen LogP contribution in [-0.2, 0) is 24.2 Å². The van der Waals surface area contributed by atoms with Crippen molar-refractivity contribution in [3.63, 3.8) is 0 Å². The molecule has 2 aromatic carbocycles.